The van der Waals surface area contributed by atoms with Crippen molar-refractivity contribution in [2.24, 2.45) is 0 Å². The first kappa shape index (κ1) is 60.2. The molecule has 9 nitrogen and oxygen atoms in total. The van der Waals surface area contributed by atoms with E-state index in [1.807, 2.05) is 6.08 Å². The van der Waals surface area contributed by atoms with E-state index in [2.05, 4.69) is 55.6 Å². The molecule has 64 heavy (non-hydrogen) atoms. The van der Waals surface area contributed by atoms with Crippen LogP contribution in [0, 0.1) is 0 Å². The van der Waals surface area contributed by atoms with Gasteiger partial charge in [-0.05, 0) is 64.2 Å². The smallest absolute Gasteiger partial charge is 0.220 e. The van der Waals surface area contributed by atoms with Crippen molar-refractivity contribution in [2.75, 3.05) is 13.2 Å². The third-order valence-electron chi connectivity index (χ3n) is 12.6. The molecule has 7 unspecified atom stereocenters. The number of aliphatic hydroxyl groups is 5. The molecule has 9 heteroatoms. The molecule has 0 spiro atoms. The molecule has 1 aliphatic rings. The number of carbonyl (C=O) groups excluding carboxylic acids is 1. The van der Waals surface area contributed by atoms with E-state index < -0.39 is 49.5 Å². The number of hydrogen-bond acceptors (Lipinski definition) is 8. The van der Waals surface area contributed by atoms with Crippen LogP contribution in [-0.4, -0.2) is 87.5 Å². The summed E-state index contributed by atoms with van der Waals surface area (Å²) in [6.45, 7) is 3.74. The molecule has 0 bridgehead atoms. The molecule has 0 aromatic rings. The summed E-state index contributed by atoms with van der Waals surface area (Å²) in [5.41, 5.74) is 0. The zero-order chi connectivity index (χ0) is 46.6. The Hall–Kier alpha value is -1.85. The van der Waals surface area contributed by atoms with Gasteiger partial charge in [0.25, 0.3) is 0 Å². The molecule has 0 radical (unpaired) electrons. The minimum Gasteiger partial charge on any atom is -0.394 e. The van der Waals surface area contributed by atoms with Gasteiger partial charge >= 0.3 is 0 Å². The topological polar surface area (TPSA) is 149 Å². The first-order valence-electron chi connectivity index (χ1n) is 26.9. The van der Waals surface area contributed by atoms with E-state index in [1.54, 1.807) is 6.08 Å². The fourth-order valence-electron chi connectivity index (χ4n) is 8.32. The van der Waals surface area contributed by atoms with Crippen LogP contribution in [0.1, 0.15) is 239 Å². The van der Waals surface area contributed by atoms with E-state index in [9.17, 15) is 30.3 Å². The number of amides is 1. The lowest BCUT2D eigenvalue weighted by Crippen LogP contribution is -2.60. The lowest BCUT2D eigenvalue weighted by Gasteiger charge is -2.40. The molecule has 0 saturated carbocycles. The molecule has 1 amide bonds. The van der Waals surface area contributed by atoms with Crippen molar-refractivity contribution >= 4 is 5.91 Å². The number of unbranched alkanes of at least 4 members (excludes halogenated alkanes) is 29. The highest BCUT2D eigenvalue weighted by molar-refractivity contribution is 5.76. The Labute approximate surface area is 393 Å². The van der Waals surface area contributed by atoms with E-state index >= 15 is 0 Å². The van der Waals surface area contributed by atoms with Crippen LogP contribution in [0.2, 0.25) is 0 Å². The van der Waals surface area contributed by atoms with E-state index in [-0.39, 0.29) is 12.5 Å². The highest BCUT2D eigenvalue weighted by Crippen LogP contribution is 2.23. The number of allylic oxidation sites excluding steroid dienone is 7. The van der Waals surface area contributed by atoms with Crippen molar-refractivity contribution < 1.29 is 39.8 Å². The minimum atomic E-state index is -1.58. The summed E-state index contributed by atoms with van der Waals surface area (Å²) in [5.74, 6) is -0.200. The Kier molecular flexibility index (Phi) is 42.3. The van der Waals surface area contributed by atoms with Crippen LogP contribution >= 0.6 is 0 Å². The molecule has 0 aromatic heterocycles. The molecule has 6 N–H and O–H groups in total. The average Bonchev–Trinajstić information content (AvgIpc) is 3.29. The molecule has 1 saturated heterocycles. The van der Waals surface area contributed by atoms with Gasteiger partial charge in [-0.15, -0.1) is 0 Å². The first-order chi connectivity index (χ1) is 31.3. The van der Waals surface area contributed by atoms with Crippen molar-refractivity contribution in [1.82, 2.24) is 5.32 Å². The third-order valence-corrected chi connectivity index (χ3v) is 12.6. The minimum absolute atomic E-state index is 0.200. The van der Waals surface area contributed by atoms with Crippen LogP contribution in [0.15, 0.2) is 48.6 Å². The highest BCUT2D eigenvalue weighted by Gasteiger charge is 2.44. The maximum Gasteiger partial charge on any atom is 0.220 e. The number of rotatable bonds is 45. The molecular weight excluding hydrogens is 803 g/mol. The SMILES string of the molecule is CCCCC/C=C\C/C=C\CCCCCCCC(=O)NC(COC1OC(CO)C(O)C(O)C1O)C(O)/C=C/CC/C=C/CCCCCCCCCCCCCCCCCCCCCC. The highest BCUT2D eigenvalue weighted by atomic mass is 16.7. The standard InChI is InChI=1S/C55H101NO8/c1-3-5-7-9-11-13-15-17-19-20-21-22-23-24-25-26-27-28-29-31-32-34-36-38-40-42-44-49(58)48(47-63-55-54(62)53(61)52(60)50(46-57)64-55)56-51(59)45-43-41-39-37-35-33-30-18-16-14-12-10-8-6-4-2/h12,14,18,30,34,36,42,44,48-50,52-55,57-58,60-62H,3-11,13,15-17,19-29,31-33,35,37-41,43,45-47H2,1-2H3,(H,56,59)/b14-12-,30-18-,36-34+,44-42+. The predicted octanol–water partition coefficient (Wildman–Crippen LogP) is 12.6. The van der Waals surface area contributed by atoms with E-state index in [0.29, 0.717) is 6.42 Å². The van der Waals surface area contributed by atoms with Crippen molar-refractivity contribution in [1.29, 1.82) is 0 Å². The molecule has 1 heterocycles. The molecule has 1 rings (SSSR count). The predicted molar refractivity (Wildman–Crippen MR) is 267 cm³/mol. The van der Waals surface area contributed by atoms with Gasteiger partial charge in [0.2, 0.25) is 5.91 Å². The Morgan fingerprint density at radius 3 is 1.44 bits per heavy atom. The van der Waals surface area contributed by atoms with Crippen LogP contribution < -0.4 is 5.32 Å². The zero-order valence-corrected chi connectivity index (χ0v) is 41.3. The van der Waals surface area contributed by atoms with E-state index in [1.165, 1.54) is 154 Å². The normalized spacial score (nSPS) is 20.4. The summed E-state index contributed by atoms with van der Waals surface area (Å²) in [5, 5.41) is 54.3. The van der Waals surface area contributed by atoms with Crippen LogP contribution in [0.5, 0.6) is 0 Å². The van der Waals surface area contributed by atoms with Crippen molar-refractivity contribution in [3.05, 3.63) is 48.6 Å². The number of carbonyl (C=O) groups is 1. The summed E-state index contributed by atoms with van der Waals surface area (Å²) >= 11 is 0. The number of ether oxygens (including phenoxy) is 2. The molecule has 7 atom stereocenters. The second-order valence-corrected chi connectivity index (χ2v) is 18.7. The van der Waals surface area contributed by atoms with Gasteiger partial charge in [0, 0.05) is 6.42 Å². The third kappa shape index (κ3) is 34.5. The zero-order valence-electron chi connectivity index (χ0n) is 41.3. The second-order valence-electron chi connectivity index (χ2n) is 18.7. The molecule has 0 aliphatic carbocycles. The first-order valence-corrected chi connectivity index (χ1v) is 26.9. The van der Waals surface area contributed by atoms with Crippen LogP contribution in [-0.2, 0) is 14.3 Å². The summed E-state index contributed by atoms with van der Waals surface area (Å²) in [6.07, 6.45) is 51.8. The summed E-state index contributed by atoms with van der Waals surface area (Å²) in [4.78, 5) is 13.0. The molecule has 374 valence electrons. The average molecular weight is 904 g/mol. The number of aliphatic hydroxyl groups excluding tert-OH is 5. The monoisotopic (exact) mass is 904 g/mol. The Morgan fingerprint density at radius 2 is 0.938 bits per heavy atom. The van der Waals surface area contributed by atoms with Crippen molar-refractivity contribution in [2.45, 2.75) is 281 Å². The van der Waals surface area contributed by atoms with Crippen LogP contribution in [0.3, 0.4) is 0 Å². The van der Waals surface area contributed by atoms with Gasteiger partial charge in [0.1, 0.15) is 24.4 Å². The Morgan fingerprint density at radius 1 is 0.531 bits per heavy atom. The maximum absolute atomic E-state index is 13.0. The van der Waals surface area contributed by atoms with Crippen molar-refractivity contribution in [3.63, 3.8) is 0 Å². The number of hydrogen-bond donors (Lipinski definition) is 6. The van der Waals surface area contributed by atoms with Gasteiger partial charge in [-0.25, -0.2) is 0 Å². The lowest BCUT2D eigenvalue weighted by atomic mass is 9.99. The van der Waals surface area contributed by atoms with Gasteiger partial charge in [0.15, 0.2) is 6.29 Å². The molecular formula is C55H101NO8. The fraction of sp³-hybridized carbons (Fsp3) is 0.836. The Balaban J connectivity index is 2.27. The number of nitrogens with one attached hydrogen (secondary N) is 1. The Bertz CT molecular complexity index is 1140. The van der Waals surface area contributed by atoms with Gasteiger partial charge in [-0.1, -0.05) is 217 Å². The van der Waals surface area contributed by atoms with Crippen LogP contribution in [0.25, 0.3) is 0 Å². The van der Waals surface area contributed by atoms with Gasteiger partial charge < -0.3 is 40.3 Å². The van der Waals surface area contributed by atoms with Crippen LogP contribution in [0.4, 0.5) is 0 Å². The fourth-order valence-corrected chi connectivity index (χ4v) is 8.32. The van der Waals surface area contributed by atoms with Gasteiger partial charge in [-0.3, -0.25) is 4.79 Å². The van der Waals surface area contributed by atoms with E-state index in [0.717, 1.165) is 64.2 Å². The summed E-state index contributed by atoms with van der Waals surface area (Å²) < 4.78 is 11.2. The molecule has 0 aromatic carbocycles. The van der Waals surface area contributed by atoms with Crippen molar-refractivity contribution in [3.8, 4) is 0 Å². The molecule has 1 aliphatic heterocycles. The van der Waals surface area contributed by atoms with Gasteiger partial charge in [0.05, 0.1) is 25.4 Å². The quantitative estimate of drug-likeness (QED) is 0.0261. The summed E-state index contributed by atoms with van der Waals surface area (Å²) in [7, 11) is 0. The lowest BCUT2D eigenvalue weighted by molar-refractivity contribution is -0.302. The second kappa shape index (κ2) is 45.0. The molecule has 1 fully saturated rings. The summed E-state index contributed by atoms with van der Waals surface area (Å²) in [6, 6.07) is -0.830. The van der Waals surface area contributed by atoms with Gasteiger partial charge in [-0.2, -0.15) is 0 Å². The maximum atomic E-state index is 13.0. The largest absolute Gasteiger partial charge is 0.394 e. The van der Waals surface area contributed by atoms with E-state index in [4.69, 9.17) is 9.47 Å².